The maximum Gasteiger partial charge on any atom is 0.204 e. The zero-order chi connectivity index (χ0) is 36.5. The van der Waals surface area contributed by atoms with Gasteiger partial charge in [0.1, 0.15) is 46.0 Å². The minimum Gasteiger partial charge on any atom is -0.507 e. The van der Waals surface area contributed by atoms with Crippen LogP contribution >= 0.6 is 0 Å². The van der Waals surface area contributed by atoms with Crippen molar-refractivity contribution in [1.82, 2.24) is 0 Å². The lowest BCUT2D eigenvalue weighted by Crippen LogP contribution is -2.40. The monoisotopic (exact) mass is 686 g/mol. The van der Waals surface area contributed by atoms with E-state index < -0.39 is 41.4 Å². The number of benzene rings is 3. The number of hydrogen-bond acceptors (Lipinski definition) is 10. The highest BCUT2D eigenvalue weighted by Gasteiger charge is 2.35. The average Bonchev–Trinajstić information content (AvgIpc) is 3.07. The molecule has 10 heteroatoms. The summed E-state index contributed by atoms with van der Waals surface area (Å²) in [6.45, 7) is 13.1. The molecule has 3 aromatic carbocycles. The van der Waals surface area contributed by atoms with Crippen LogP contribution in [0.15, 0.2) is 76.0 Å². The molecular formula is C40H46O10. The lowest BCUT2D eigenvalue weighted by atomic mass is 9.85. The summed E-state index contributed by atoms with van der Waals surface area (Å²) in [5.41, 5.74) is 2.24. The second-order valence-electron chi connectivity index (χ2n) is 13.4. The van der Waals surface area contributed by atoms with E-state index in [1.165, 1.54) is 25.3 Å². The van der Waals surface area contributed by atoms with Gasteiger partial charge in [0.25, 0.3) is 0 Å². The summed E-state index contributed by atoms with van der Waals surface area (Å²) in [6, 6.07) is 10.1. The number of ether oxygens (including phenoxy) is 3. The number of methoxy groups -OCH3 is 1. The Labute approximate surface area is 291 Å². The van der Waals surface area contributed by atoms with E-state index in [1.807, 2.05) is 13.0 Å². The number of aromatic hydroxyl groups is 1. The molecule has 266 valence electrons. The Hall–Kier alpha value is -4.45. The van der Waals surface area contributed by atoms with Gasteiger partial charge in [-0.3, -0.25) is 4.79 Å². The molecule has 0 fully saturated rings. The van der Waals surface area contributed by atoms with Crippen LogP contribution in [0.4, 0.5) is 0 Å². The second kappa shape index (κ2) is 14.8. The van der Waals surface area contributed by atoms with Crippen molar-refractivity contribution in [3.8, 4) is 17.2 Å². The third kappa shape index (κ3) is 7.08. The van der Waals surface area contributed by atoms with E-state index >= 15 is 0 Å². The lowest BCUT2D eigenvalue weighted by molar-refractivity contribution is -0.108. The van der Waals surface area contributed by atoms with Gasteiger partial charge in [0.05, 0.1) is 43.5 Å². The van der Waals surface area contributed by atoms with Crippen LogP contribution in [0.2, 0.25) is 0 Å². The zero-order valence-corrected chi connectivity index (χ0v) is 29.3. The van der Waals surface area contributed by atoms with Crippen molar-refractivity contribution in [2.75, 3.05) is 13.7 Å². The van der Waals surface area contributed by atoms with Crippen molar-refractivity contribution < 1.29 is 44.2 Å². The van der Waals surface area contributed by atoms with Crippen molar-refractivity contribution in [3.63, 3.8) is 0 Å². The second-order valence-corrected chi connectivity index (χ2v) is 13.4. The molecule has 0 aliphatic carbocycles. The highest BCUT2D eigenvalue weighted by atomic mass is 16.5. The normalized spacial score (nSPS) is 18.4. The van der Waals surface area contributed by atoms with Gasteiger partial charge in [-0.25, -0.2) is 0 Å². The molecule has 2 heterocycles. The Bertz CT molecular complexity index is 2020. The van der Waals surface area contributed by atoms with E-state index in [4.69, 9.17) is 18.6 Å². The van der Waals surface area contributed by atoms with Crippen LogP contribution in [-0.4, -0.2) is 63.2 Å². The van der Waals surface area contributed by atoms with Gasteiger partial charge in [-0.15, -0.1) is 0 Å². The van der Waals surface area contributed by atoms with Crippen LogP contribution in [0, 0.1) is 12.8 Å². The van der Waals surface area contributed by atoms with Gasteiger partial charge < -0.3 is 44.2 Å². The Morgan fingerprint density at radius 2 is 1.84 bits per heavy atom. The predicted molar refractivity (Wildman–Crippen MR) is 193 cm³/mol. The molecule has 4 aromatic rings. The van der Waals surface area contributed by atoms with E-state index in [0.717, 1.165) is 0 Å². The van der Waals surface area contributed by atoms with Gasteiger partial charge in [0.2, 0.25) is 5.43 Å². The number of phenols is 1. The van der Waals surface area contributed by atoms with Crippen LogP contribution in [-0.2, 0) is 17.8 Å². The molecule has 5 N–H and O–H groups in total. The smallest absolute Gasteiger partial charge is 0.204 e. The molecule has 0 saturated heterocycles. The molecule has 0 bridgehead atoms. The van der Waals surface area contributed by atoms with Gasteiger partial charge in [-0.2, -0.15) is 0 Å². The van der Waals surface area contributed by atoms with Gasteiger partial charge in [0, 0.05) is 23.5 Å². The van der Waals surface area contributed by atoms with Crippen molar-refractivity contribution in [3.05, 3.63) is 105 Å². The molecule has 0 amide bonds. The zero-order valence-electron chi connectivity index (χ0n) is 29.3. The number of aryl methyl sites for hydroxylation is 1. The Morgan fingerprint density at radius 3 is 2.52 bits per heavy atom. The van der Waals surface area contributed by atoms with E-state index in [0.29, 0.717) is 44.9 Å². The van der Waals surface area contributed by atoms with Crippen molar-refractivity contribution in [1.29, 1.82) is 0 Å². The number of fused-ring (bicyclic) bond motifs is 4. The molecule has 5 unspecified atom stereocenters. The standard InChI is InChI=1S/C40H46O10/c1-8-10-27(41)28(42)15-13-23-11-9-12-30(47-7)26(23)20-49-40(5,6)32(44)18-24-14-16-29(43)33-37(46)34-31(50-39(24)33)17-22(4)38-35(34)36(45)25(19-48-38)21(2)3/h8-17,25,27-28,32,36,41-45H,2,18-20H2,1,3-7H3. The van der Waals surface area contributed by atoms with Gasteiger partial charge in [-0.1, -0.05) is 54.7 Å². The molecule has 0 radical (unpaired) electrons. The maximum atomic E-state index is 14.1. The third-order valence-corrected chi connectivity index (χ3v) is 9.47. The van der Waals surface area contributed by atoms with Crippen LogP contribution in [0.5, 0.6) is 17.2 Å². The number of allylic oxidation sites excluding steroid dienone is 1. The molecule has 5 rings (SSSR count). The third-order valence-electron chi connectivity index (χ3n) is 9.47. The molecule has 0 saturated carbocycles. The largest absolute Gasteiger partial charge is 0.507 e. The number of phenolic OH excluding ortho intramolecular Hbond substituents is 1. The first kappa shape index (κ1) is 36.8. The molecular weight excluding hydrogens is 640 g/mol. The number of aliphatic hydroxyl groups is 4. The summed E-state index contributed by atoms with van der Waals surface area (Å²) in [7, 11) is 1.54. The quantitative estimate of drug-likeness (QED) is 0.0912. The maximum absolute atomic E-state index is 14.1. The van der Waals surface area contributed by atoms with Crippen LogP contribution in [0.3, 0.4) is 0 Å². The predicted octanol–water partition coefficient (Wildman–Crippen LogP) is 5.80. The molecule has 1 aliphatic rings. The van der Waals surface area contributed by atoms with Crippen molar-refractivity contribution in [2.24, 2.45) is 5.92 Å². The number of aliphatic hydroxyl groups excluding tert-OH is 4. The summed E-state index contributed by atoms with van der Waals surface area (Å²) in [5, 5.41) is 54.3. The number of rotatable bonds is 12. The fourth-order valence-electron chi connectivity index (χ4n) is 6.33. The highest BCUT2D eigenvalue weighted by molar-refractivity contribution is 5.97. The van der Waals surface area contributed by atoms with E-state index in [-0.39, 0.29) is 47.3 Å². The minimum absolute atomic E-state index is 0.0132. The summed E-state index contributed by atoms with van der Waals surface area (Å²) in [5.74, 6) is 0.240. The number of hydrogen-bond donors (Lipinski definition) is 5. The summed E-state index contributed by atoms with van der Waals surface area (Å²) in [6.07, 6.45) is 1.99. The van der Waals surface area contributed by atoms with Crippen LogP contribution < -0.4 is 14.9 Å². The first-order valence-corrected chi connectivity index (χ1v) is 16.6. The summed E-state index contributed by atoms with van der Waals surface area (Å²) >= 11 is 0. The van der Waals surface area contributed by atoms with Crippen molar-refractivity contribution in [2.45, 2.75) is 77.7 Å². The molecule has 10 nitrogen and oxygen atoms in total. The molecule has 1 aliphatic heterocycles. The minimum atomic E-state index is -1.13. The van der Waals surface area contributed by atoms with Gasteiger partial charge >= 0.3 is 0 Å². The SMILES string of the molecule is C=C(C)C1COc2c(C)cc3oc4c(CC(O)C(C)(C)OCc5c(C=CC(O)C(O)C=CC)cccc5OC)ccc(O)c4c(=O)c3c2C1O. The first-order chi connectivity index (χ1) is 23.7. The molecule has 0 spiro atoms. The first-order valence-electron chi connectivity index (χ1n) is 16.6. The molecule has 1 aromatic heterocycles. The Morgan fingerprint density at radius 1 is 1.12 bits per heavy atom. The Kier molecular flexibility index (Phi) is 10.9. The van der Waals surface area contributed by atoms with E-state index in [2.05, 4.69) is 6.58 Å². The van der Waals surface area contributed by atoms with Crippen molar-refractivity contribution >= 4 is 28.0 Å². The topological polar surface area (TPSA) is 159 Å². The van der Waals surface area contributed by atoms with Crippen LogP contribution in [0.1, 0.15) is 61.6 Å². The lowest BCUT2D eigenvalue weighted by Gasteiger charge is -2.32. The molecule has 5 atom stereocenters. The molecule has 50 heavy (non-hydrogen) atoms. The van der Waals surface area contributed by atoms with E-state index in [9.17, 15) is 30.3 Å². The van der Waals surface area contributed by atoms with Crippen LogP contribution in [0.25, 0.3) is 28.0 Å². The van der Waals surface area contributed by atoms with Gasteiger partial charge in [-0.05, 0) is 69.5 Å². The van der Waals surface area contributed by atoms with Gasteiger partial charge in [0.15, 0.2) is 0 Å². The Balaban J connectivity index is 1.47. The fraction of sp³-hybridized carbons (Fsp3) is 0.375. The summed E-state index contributed by atoms with van der Waals surface area (Å²) in [4.78, 5) is 14.1. The summed E-state index contributed by atoms with van der Waals surface area (Å²) < 4.78 is 24.2. The average molecular weight is 687 g/mol. The van der Waals surface area contributed by atoms with E-state index in [1.54, 1.807) is 64.1 Å². The highest BCUT2D eigenvalue weighted by Crippen LogP contribution is 2.44. The fourth-order valence-corrected chi connectivity index (χ4v) is 6.33.